The van der Waals surface area contributed by atoms with Crippen molar-refractivity contribution >= 4 is 21.9 Å². The average Bonchev–Trinajstić information content (AvgIpc) is 2.66. The van der Waals surface area contributed by atoms with Gasteiger partial charge in [-0.15, -0.1) is 0 Å². The maximum Gasteiger partial charge on any atom is 0.334 e. The number of hydrogen-bond acceptors (Lipinski definition) is 4. The average molecular weight is 382 g/mol. The third-order valence-corrected chi connectivity index (χ3v) is 6.86. The van der Waals surface area contributed by atoms with E-state index in [1.807, 2.05) is 0 Å². The Balaban J connectivity index is 2.24. The molecule has 1 aliphatic heterocycles. The van der Waals surface area contributed by atoms with Crippen molar-refractivity contribution in [3.63, 3.8) is 0 Å². The number of aliphatic carboxylic acids is 1. The maximum absolute atomic E-state index is 12.8. The van der Waals surface area contributed by atoms with Crippen molar-refractivity contribution in [2.24, 2.45) is 5.92 Å². The van der Waals surface area contributed by atoms with Crippen LogP contribution >= 0.6 is 0 Å². The van der Waals surface area contributed by atoms with E-state index in [0.29, 0.717) is 24.9 Å². The number of benzene rings is 1. The number of amides is 1. The van der Waals surface area contributed by atoms with E-state index in [2.05, 4.69) is 5.32 Å². The van der Waals surface area contributed by atoms with E-state index in [4.69, 9.17) is 0 Å². The highest BCUT2D eigenvalue weighted by molar-refractivity contribution is 7.89. The first kappa shape index (κ1) is 20.4. The van der Waals surface area contributed by atoms with Crippen LogP contribution in [0.2, 0.25) is 0 Å². The summed E-state index contributed by atoms with van der Waals surface area (Å²) in [4.78, 5) is 24.8. The van der Waals surface area contributed by atoms with Gasteiger partial charge in [0.25, 0.3) is 0 Å². The Morgan fingerprint density at radius 3 is 2.46 bits per heavy atom. The minimum atomic E-state index is -3.37. The molecule has 1 fully saturated rings. The first-order valence-electron chi connectivity index (χ1n) is 8.85. The van der Waals surface area contributed by atoms with Crippen LogP contribution in [0.3, 0.4) is 0 Å². The number of carboxylic acid groups (broad SMARTS) is 1. The number of carboxylic acids is 1. The number of piperidine rings is 1. The molecule has 2 unspecified atom stereocenters. The minimum Gasteiger partial charge on any atom is -0.479 e. The fraction of sp³-hybridized carbons (Fsp3) is 0.556. The van der Waals surface area contributed by atoms with Crippen molar-refractivity contribution in [3.8, 4) is 0 Å². The van der Waals surface area contributed by atoms with E-state index in [9.17, 15) is 23.1 Å². The molecule has 144 valence electrons. The quantitative estimate of drug-likeness (QED) is 0.745. The minimum absolute atomic E-state index is 0.0145. The van der Waals surface area contributed by atoms with Gasteiger partial charge in [-0.2, -0.15) is 0 Å². The molecule has 0 aliphatic carbocycles. The summed E-state index contributed by atoms with van der Waals surface area (Å²) in [5, 5.41) is 12.5. The number of carbonyl (C=O) groups is 2. The molecule has 8 heteroatoms. The summed E-state index contributed by atoms with van der Waals surface area (Å²) in [5.41, 5.74) is -1.03. The lowest BCUT2D eigenvalue weighted by Crippen LogP contribution is -2.55. The van der Waals surface area contributed by atoms with Crippen LogP contribution < -0.4 is 5.32 Å². The van der Waals surface area contributed by atoms with Crippen molar-refractivity contribution in [2.75, 3.05) is 18.8 Å². The lowest BCUT2D eigenvalue weighted by atomic mass is 9.86. The highest BCUT2D eigenvalue weighted by Gasteiger charge is 2.42. The summed E-state index contributed by atoms with van der Waals surface area (Å²) in [7, 11) is -3.37. The van der Waals surface area contributed by atoms with Crippen LogP contribution in [0.1, 0.15) is 38.7 Å². The molecule has 2 N–H and O–H groups in total. The molecule has 2 atom stereocenters. The zero-order chi connectivity index (χ0) is 19.4. The fourth-order valence-electron chi connectivity index (χ4n) is 3.32. The van der Waals surface area contributed by atoms with Crippen LogP contribution in [0.25, 0.3) is 0 Å². The Morgan fingerprint density at radius 1 is 1.27 bits per heavy atom. The van der Waals surface area contributed by atoms with Gasteiger partial charge >= 0.3 is 5.97 Å². The molecule has 0 bridgehead atoms. The predicted molar refractivity (Wildman–Crippen MR) is 97.9 cm³/mol. The second-order valence-corrected chi connectivity index (χ2v) is 8.77. The molecule has 1 aromatic carbocycles. The largest absolute Gasteiger partial charge is 0.479 e. The Bertz CT molecular complexity index is 750. The molecular formula is C18H26N2O5S. The van der Waals surface area contributed by atoms with Gasteiger partial charge in [-0.25, -0.2) is 17.5 Å². The van der Waals surface area contributed by atoms with Crippen LogP contribution in [-0.2, 0) is 25.2 Å². The fourth-order valence-corrected chi connectivity index (χ4v) is 4.50. The standard InChI is InChI=1S/C18H26N2O5S/c1-3-18(17(22)23,15-10-6-5-7-11-15)19-16(21)14-9-8-12-20(13-14)26(24,25)4-2/h5-7,10-11,14H,3-4,8-9,12-13H2,1-2H3,(H,19,21)(H,22,23). The van der Waals surface area contributed by atoms with Gasteiger partial charge in [-0.1, -0.05) is 37.3 Å². The maximum atomic E-state index is 12.8. The molecule has 7 nitrogen and oxygen atoms in total. The van der Waals surface area contributed by atoms with Gasteiger partial charge in [-0.05, 0) is 31.7 Å². The van der Waals surface area contributed by atoms with Crippen LogP contribution in [0.4, 0.5) is 0 Å². The molecule has 0 saturated carbocycles. The van der Waals surface area contributed by atoms with Gasteiger partial charge in [0.15, 0.2) is 5.54 Å². The Labute approximate surface area is 154 Å². The number of sulfonamides is 1. The summed E-state index contributed by atoms with van der Waals surface area (Å²) in [6.45, 7) is 3.77. The van der Waals surface area contributed by atoms with Crippen LogP contribution in [0, 0.1) is 5.92 Å². The van der Waals surface area contributed by atoms with E-state index in [0.717, 1.165) is 0 Å². The normalized spacial score (nSPS) is 20.9. The summed E-state index contributed by atoms with van der Waals surface area (Å²) in [6.07, 6.45) is 1.30. The number of carbonyl (C=O) groups excluding carboxylic acids is 1. The van der Waals surface area contributed by atoms with Gasteiger partial charge < -0.3 is 10.4 Å². The molecule has 0 aromatic heterocycles. The number of hydrogen-bond donors (Lipinski definition) is 2. The molecule has 1 heterocycles. The van der Waals surface area contributed by atoms with Gasteiger partial charge in [-0.3, -0.25) is 4.79 Å². The molecule has 1 amide bonds. The summed E-state index contributed by atoms with van der Waals surface area (Å²) < 4.78 is 25.5. The first-order valence-corrected chi connectivity index (χ1v) is 10.5. The van der Waals surface area contributed by atoms with E-state index in [-0.39, 0.29) is 18.7 Å². The molecule has 26 heavy (non-hydrogen) atoms. The van der Waals surface area contributed by atoms with Crippen molar-refractivity contribution < 1.29 is 23.1 Å². The molecule has 0 radical (unpaired) electrons. The van der Waals surface area contributed by atoms with Crippen molar-refractivity contribution in [1.82, 2.24) is 9.62 Å². The molecule has 2 rings (SSSR count). The number of nitrogens with one attached hydrogen (secondary N) is 1. The Kier molecular flexibility index (Phi) is 6.41. The third kappa shape index (κ3) is 4.07. The summed E-state index contributed by atoms with van der Waals surface area (Å²) in [5.74, 6) is -2.12. The van der Waals surface area contributed by atoms with Crippen LogP contribution in [0.15, 0.2) is 30.3 Å². The van der Waals surface area contributed by atoms with Crippen LogP contribution in [0.5, 0.6) is 0 Å². The number of rotatable bonds is 7. The zero-order valence-electron chi connectivity index (χ0n) is 15.1. The van der Waals surface area contributed by atoms with Crippen molar-refractivity contribution in [1.29, 1.82) is 0 Å². The summed E-state index contributed by atoms with van der Waals surface area (Å²) in [6, 6.07) is 8.58. The van der Waals surface area contributed by atoms with E-state index in [1.54, 1.807) is 44.2 Å². The van der Waals surface area contributed by atoms with E-state index < -0.39 is 33.4 Å². The highest BCUT2D eigenvalue weighted by Crippen LogP contribution is 2.28. The second-order valence-electron chi connectivity index (χ2n) is 6.52. The predicted octanol–water partition coefficient (Wildman–Crippen LogP) is 1.55. The van der Waals surface area contributed by atoms with Crippen molar-refractivity contribution in [3.05, 3.63) is 35.9 Å². The summed E-state index contributed by atoms with van der Waals surface area (Å²) >= 11 is 0. The third-order valence-electron chi connectivity index (χ3n) is 5.01. The Hall–Kier alpha value is -1.93. The van der Waals surface area contributed by atoms with Gasteiger partial charge in [0, 0.05) is 13.1 Å². The van der Waals surface area contributed by atoms with Gasteiger partial charge in [0.05, 0.1) is 11.7 Å². The van der Waals surface area contributed by atoms with E-state index >= 15 is 0 Å². The monoisotopic (exact) mass is 382 g/mol. The SMILES string of the molecule is CCC(NC(=O)C1CCCN(S(=O)(=O)CC)C1)(C(=O)O)c1ccccc1. The lowest BCUT2D eigenvalue weighted by molar-refractivity contribution is -0.149. The molecule has 1 saturated heterocycles. The van der Waals surface area contributed by atoms with Crippen LogP contribution in [-0.4, -0.2) is 48.5 Å². The molecular weight excluding hydrogens is 356 g/mol. The number of nitrogens with zero attached hydrogens (tertiary/aromatic N) is 1. The molecule has 1 aromatic rings. The molecule has 1 aliphatic rings. The van der Waals surface area contributed by atoms with Gasteiger partial charge in [0.1, 0.15) is 0 Å². The topological polar surface area (TPSA) is 104 Å². The first-order chi connectivity index (χ1) is 12.3. The zero-order valence-corrected chi connectivity index (χ0v) is 16.0. The van der Waals surface area contributed by atoms with Gasteiger partial charge in [0.2, 0.25) is 15.9 Å². The smallest absolute Gasteiger partial charge is 0.334 e. The molecule has 0 spiro atoms. The second kappa shape index (κ2) is 8.18. The van der Waals surface area contributed by atoms with E-state index in [1.165, 1.54) is 4.31 Å². The lowest BCUT2D eigenvalue weighted by Gasteiger charge is -2.35. The highest BCUT2D eigenvalue weighted by atomic mass is 32.2. The van der Waals surface area contributed by atoms with Crippen molar-refractivity contribution in [2.45, 2.75) is 38.6 Å². The Morgan fingerprint density at radius 2 is 1.92 bits per heavy atom.